The van der Waals surface area contributed by atoms with E-state index in [0.29, 0.717) is 5.52 Å². The summed E-state index contributed by atoms with van der Waals surface area (Å²) >= 11 is 0. The van der Waals surface area contributed by atoms with Crippen LogP contribution in [0.4, 0.5) is 0 Å². The van der Waals surface area contributed by atoms with Gasteiger partial charge < -0.3 is 10.4 Å². The number of pyridine rings is 1. The lowest BCUT2D eigenvalue weighted by Crippen LogP contribution is -2.43. The number of aromatic nitrogens is 2. The van der Waals surface area contributed by atoms with Crippen molar-refractivity contribution in [1.29, 1.82) is 0 Å². The van der Waals surface area contributed by atoms with Crippen LogP contribution in [0, 0.1) is 0 Å². The molecule has 130 valence electrons. The van der Waals surface area contributed by atoms with Gasteiger partial charge in [0.1, 0.15) is 0 Å². The summed E-state index contributed by atoms with van der Waals surface area (Å²) in [6, 6.07) is 4.91. The van der Waals surface area contributed by atoms with Crippen molar-refractivity contribution in [3.8, 4) is 0 Å². The zero-order valence-corrected chi connectivity index (χ0v) is 14.4. The minimum atomic E-state index is -3.61. The molecule has 8 nitrogen and oxygen atoms in total. The number of nitrogens with one attached hydrogen (secondary N) is 1. The average Bonchev–Trinajstić information content (AvgIpc) is 2.84. The molecule has 0 saturated carbocycles. The zero-order chi connectivity index (χ0) is 18.1. The van der Waals surface area contributed by atoms with E-state index in [4.69, 9.17) is 5.11 Å². The van der Waals surface area contributed by atoms with Crippen LogP contribution in [-0.2, 0) is 14.6 Å². The van der Waals surface area contributed by atoms with Crippen LogP contribution in [0.25, 0.3) is 5.52 Å². The van der Waals surface area contributed by atoms with Crippen LogP contribution in [0.5, 0.6) is 0 Å². The van der Waals surface area contributed by atoms with Crippen LogP contribution < -0.4 is 5.32 Å². The molecule has 0 fully saturated rings. The van der Waals surface area contributed by atoms with Crippen molar-refractivity contribution < 1.29 is 23.1 Å². The van der Waals surface area contributed by atoms with Gasteiger partial charge in [-0.15, -0.1) is 0 Å². The van der Waals surface area contributed by atoms with Crippen LogP contribution >= 0.6 is 0 Å². The van der Waals surface area contributed by atoms with E-state index in [-0.39, 0.29) is 23.7 Å². The fraction of sp³-hybridized carbons (Fsp3) is 0.400. The molecule has 0 radical (unpaired) electrons. The maximum absolute atomic E-state index is 12.5. The minimum absolute atomic E-state index is 0.0144. The number of carbonyl (C=O) groups excluding carboxylic acids is 1. The molecule has 2 aromatic rings. The Bertz CT molecular complexity index is 899. The van der Waals surface area contributed by atoms with E-state index < -0.39 is 27.3 Å². The third kappa shape index (κ3) is 3.91. The largest absolute Gasteiger partial charge is 0.481 e. The number of hydrogen-bond donors (Lipinski definition) is 2. The lowest BCUT2D eigenvalue weighted by Gasteiger charge is -2.25. The number of aliphatic carboxylic acids is 1. The van der Waals surface area contributed by atoms with Gasteiger partial charge in [0.25, 0.3) is 5.91 Å². The first kappa shape index (κ1) is 17.9. The maximum atomic E-state index is 12.5. The molecule has 0 saturated heterocycles. The Labute approximate surface area is 139 Å². The molecule has 0 aliphatic heterocycles. The van der Waals surface area contributed by atoms with Gasteiger partial charge in [-0.25, -0.2) is 13.4 Å². The van der Waals surface area contributed by atoms with Gasteiger partial charge in [0.2, 0.25) is 15.0 Å². The highest BCUT2D eigenvalue weighted by Gasteiger charge is 2.27. The quantitative estimate of drug-likeness (QED) is 0.803. The number of imidazole rings is 1. The van der Waals surface area contributed by atoms with Gasteiger partial charge >= 0.3 is 5.97 Å². The predicted octanol–water partition coefficient (Wildman–Crippen LogP) is 1.11. The molecule has 0 bridgehead atoms. The second-order valence-corrected chi connectivity index (χ2v) is 8.11. The molecule has 0 spiro atoms. The van der Waals surface area contributed by atoms with E-state index in [2.05, 4.69) is 10.3 Å². The third-order valence-corrected chi connectivity index (χ3v) is 4.43. The number of carboxylic acids is 1. The summed E-state index contributed by atoms with van der Waals surface area (Å²) in [6.45, 7) is 3.40. The predicted molar refractivity (Wildman–Crippen MR) is 86.7 cm³/mol. The van der Waals surface area contributed by atoms with Gasteiger partial charge in [0.15, 0.2) is 5.69 Å². The van der Waals surface area contributed by atoms with Crippen LogP contribution in [0.3, 0.4) is 0 Å². The SMILES string of the molecule is CC(C)(CCC(=O)O)NC(=O)c1nc(S(C)(=O)=O)n2ccccc12. The molecule has 0 aromatic carbocycles. The molecule has 1 amide bonds. The first-order valence-electron chi connectivity index (χ1n) is 7.23. The molecule has 9 heteroatoms. The molecule has 0 unspecified atom stereocenters. The summed E-state index contributed by atoms with van der Waals surface area (Å²) in [5.74, 6) is -1.51. The Kier molecular flexibility index (Phi) is 4.66. The van der Waals surface area contributed by atoms with Crippen molar-refractivity contribution in [3.63, 3.8) is 0 Å². The van der Waals surface area contributed by atoms with Gasteiger partial charge in [0.05, 0.1) is 5.52 Å². The van der Waals surface area contributed by atoms with Crippen LogP contribution in [0.1, 0.15) is 37.2 Å². The van der Waals surface area contributed by atoms with Gasteiger partial charge in [-0.1, -0.05) is 6.07 Å². The van der Waals surface area contributed by atoms with Crippen molar-refractivity contribution in [1.82, 2.24) is 14.7 Å². The standard InChI is InChI=1S/C15H19N3O5S/c1-15(2,8-7-11(19)20)17-13(21)12-10-6-4-5-9-18(10)14(16-12)24(3,22)23/h4-6,9H,7-8H2,1-3H3,(H,17,21)(H,19,20). The number of carboxylic acid groups (broad SMARTS) is 1. The Balaban J connectivity index is 2.39. The molecule has 2 heterocycles. The molecule has 2 rings (SSSR count). The minimum Gasteiger partial charge on any atom is -0.481 e. The topological polar surface area (TPSA) is 118 Å². The van der Waals surface area contributed by atoms with E-state index in [0.717, 1.165) is 6.26 Å². The Morgan fingerprint density at radius 3 is 2.58 bits per heavy atom. The second-order valence-electron chi connectivity index (χ2n) is 6.20. The van der Waals surface area contributed by atoms with E-state index in [1.165, 1.54) is 10.6 Å². The Morgan fingerprint density at radius 1 is 1.33 bits per heavy atom. The molecule has 24 heavy (non-hydrogen) atoms. The molecule has 0 atom stereocenters. The molecular weight excluding hydrogens is 334 g/mol. The van der Waals surface area contributed by atoms with Crippen molar-refractivity contribution in [3.05, 3.63) is 30.1 Å². The van der Waals surface area contributed by atoms with Crippen LogP contribution in [0.2, 0.25) is 0 Å². The Hall–Kier alpha value is -2.42. The molecule has 0 aliphatic rings. The van der Waals surface area contributed by atoms with Crippen molar-refractivity contribution in [2.75, 3.05) is 6.26 Å². The fourth-order valence-electron chi connectivity index (χ4n) is 2.29. The smallest absolute Gasteiger partial charge is 0.303 e. The number of rotatable bonds is 6. The normalized spacial score (nSPS) is 12.3. The van der Waals surface area contributed by atoms with E-state index in [1.54, 1.807) is 32.0 Å². The molecule has 2 aromatic heterocycles. The number of fused-ring (bicyclic) bond motifs is 1. The highest BCUT2D eigenvalue weighted by Crippen LogP contribution is 2.19. The summed E-state index contributed by atoms with van der Waals surface area (Å²) in [5.41, 5.74) is -0.422. The Morgan fingerprint density at radius 2 is 2.00 bits per heavy atom. The average molecular weight is 353 g/mol. The van der Waals surface area contributed by atoms with Gasteiger partial charge in [0, 0.05) is 24.4 Å². The highest BCUT2D eigenvalue weighted by atomic mass is 32.2. The molecule has 2 N–H and O–H groups in total. The van der Waals surface area contributed by atoms with Gasteiger partial charge in [-0.05, 0) is 32.4 Å². The first-order valence-corrected chi connectivity index (χ1v) is 9.12. The summed E-state index contributed by atoms with van der Waals surface area (Å²) < 4.78 is 25.1. The van der Waals surface area contributed by atoms with Crippen LogP contribution in [-0.4, -0.2) is 46.6 Å². The second kappa shape index (κ2) is 6.23. The molecule has 0 aliphatic carbocycles. The lowest BCUT2D eigenvalue weighted by atomic mass is 9.98. The zero-order valence-electron chi connectivity index (χ0n) is 13.6. The van der Waals surface area contributed by atoms with Crippen molar-refractivity contribution in [2.45, 2.75) is 37.4 Å². The van der Waals surface area contributed by atoms with Gasteiger partial charge in [-0.3, -0.25) is 14.0 Å². The fourth-order valence-corrected chi connectivity index (χ4v) is 3.06. The number of hydrogen-bond acceptors (Lipinski definition) is 5. The summed E-state index contributed by atoms with van der Waals surface area (Å²) in [7, 11) is -3.61. The summed E-state index contributed by atoms with van der Waals surface area (Å²) in [4.78, 5) is 27.2. The van der Waals surface area contributed by atoms with Crippen LogP contribution in [0.15, 0.2) is 29.6 Å². The third-order valence-electron chi connectivity index (χ3n) is 3.48. The number of nitrogens with zero attached hydrogens (tertiary/aromatic N) is 2. The van der Waals surface area contributed by atoms with Crippen molar-refractivity contribution in [2.24, 2.45) is 0 Å². The first-order chi connectivity index (χ1) is 11.0. The van der Waals surface area contributed by atoms with E-state index >= 15 is 0 Å². The highest BCUT2D eigenvalue weighted by molar-refractivity contribution is 7.90. The van der Waals surface area contributed by atoms with Crippen molar-refractivity contribution >= 4 is 27.2 Å². The maximum Gasteiger partial charge on any atom is 0.303 e. The number of amides is 1. The lowest BCUT2D eigenvalue weighted by molar-refractivity contribution is -0.137. The summed E-state index contributed by atoms with van der Waals surface area (Å²) in [5, 5.41) is 11.3. The van der Waals surface area contributed by atoms with E-state index in [9.17, 15) is 18.0 Å². The molecular formula is C15H19N3O5S. The monoisotopic (exact) mass is 353 g/mol. The van der Waals surface area contributed by atoms with Gasteiger partial charge in [-0.2, -0.15) is 0 Å². The summed E-state index contributed by atoms with van der Waals surface area (Å²) in [6.07, 6.45) is 2.68. The number of sulfone groups is 1. The number of carbonyl (C=O) groups is 2. The van der Waals surface area contributed by atoms with E-state index in [1.807, 2.05) is 0 Å².